The summed E-state index contributed by atoms with van der Waals surface area (Å²) in [6.07, 6.45) is 2.02. The molecule has 1 aromatic heterocycles. The van der Waals surface area contributed by atoms with E-state index in [0.29, 0.717) is 6.42 Å². The van der Waals surface area contributed by atoms with E-state index >= 15 is 0 Å². The lowest BCUT2D eigenvalue weighted by Gasteiger charge is -2.08. The summed E-state index contributed by atoms with van der Waals surface area (Å²) in [5.74, 6) is -0.855. The molecule has 0 aromatic carbocycles. The van der Waals surface area contributed by atoms with Crippen LogP contribution in [0.2, 0.25) is 0 Å². The number of H-pyrrole nitrogens is 1. The quantitative estimate of drug-likeness (QED) is 0.574. The predicted molar refractivity (Wildman–Crippen MR) is 42.8 cm³/mol. The molecule has 0 saturated heterocycles. The van der Waals surface area contributed by atoms with Crippen molar-refractivity contribution in [3.63, 3.8) is 0 Å². The number of hydrogen-bond acceptors (Lipinski definition) is 3. The molecule has 3 N–H and O–H groups in total. The maximum atomic E-state index is 10.6. The van der Waals surface area contributed by atoms with Crippen LogP contribution in [0.15, 0.2) is 12.3 Å². The first-order valence-corrected chi connectivity index (χ1v) is 3.62. The van der Waals surface area contributed by atoms with Gasteiger partial charge in [-0.25, -0.2) is 0 Å². The van der Waals surface area contributed by atoms with E-state index in [1.54, 1.807) is 19.3 Å². The van der Waals surface area contributed by atoms with Crippen LogP contribution in [0.4, 0.5) is 0 Å². The predicted octanol–water partition coefficient (Wildman–Crippen LogP) is -0.375. The van der Waals surface area contributed by atoms with Crippen molar-refractivity contribution in [3.8, 4) is 0 Å². The summed E-state index contributed by atoms with van der Waals surface area (Å²) >= 11 is 0. The first kappa shape index (κ1) is 8.73. The van der Waals surface area contributed by atoms with Crippen molar-refractivity contribution in [1.82, 2.24) is 15.5 Å². The van der Waals surface area contributed by atoms with Gasteiger partial charge in [0.15, 0.2) is 0 Å². The molecule has 1 heterocycles. The lowest BCUT2D eigenvalue weighted by Crippen LogP contribution is -2.35. The minimum Gasteiger partial charge on any atom is -0.480 e. The molecule has 1 rings (SSSR count). The first-order chi connectivity index (χ1) is 5.74. The molecule has 12 heavy (non-hydrogen) atoms. The number of nitrogens with zero attached hydrogens (tertiary/aromatic N) is 1. The number of nitrogens with one attached hydrogen (secondary N) is 2. The van der Waals surface area contributed by atoms with E-state index in [0.717, 1.165) is 5.69 Å². The van der Waals surface area contributed by atoms with Gasteiger partial charge >= 0.3 is 5.97 Å². The molecule has 0 aliphatic heterocycles. The fraction of sp³-hybridized carbons (Fsp3) is 0.429. The third-order valence-electron chi connectivity index (χ3n) is 1.63. The molecule has 0 saturated carbocycles. The van der Waals surface area contributed by atoms with Crippen molar-refractivity contribution in [2.75, 3.05) is 7.05 Å². The Balaban J connectivity index is 2.54. The monoisotopic (exact) mass is 169 g/mol. The Hall–Kier alpha value is -1.36. The van der Waals surface area contributed by atoms with Crippen molar-refractivity contribution in [2.45, 2.75) is 12.5 Å². The Labute approximate surface area is 69.8 Å². The smallest absolute Gasteiger partial charge is 0.321 e. The highest BCUT2D eigenvalue weighted by Crippen LogP contribution is 1.97. The second-order valence-electron chi connectivity index (χ2n) is 2.47. The molecule has 1 unspecified atom stereocenters. The van der Waals surface area contributed by atoms with Gasteiger partial charge in [0.2, 0.25) is 0 Å². The minimum atomic E-state index is -0.855. The van der Waals surface area contributed by atoms with Gasteiger partial charge < -0.3 is 10.4 Å². The van der Waals surface area contributed by atoms with E-state index in [-0.39, 0.29) is 0 Å². The number of carbonyl (C=O) groups is 1. The van der Waals surface area contributed by atoms with Gasteiger partial charge in [-0.1, -0.05) is 0 Å². The van der Waals surface area contributed by atoms with Crippen LogP contribution in [0.5, 0.6) is 0 Å². The highest BCUT2D eigenvalue weighted by atomic mass is 16.4. The zero-order valence-electron chi connectivity index (χ0n) is 6.74. The van der Waals surface area contributed by atoms with Crippen LogP contribution in [0.3, 0.4) is 0 Å². The van der Waals surface area contributed by atoms with Gasteiger partial charge in [-0.3, -0.25) is 9.89 Å². The van der Waals surface area contributed by atoms with Crippen molar-refractivity contribution in [2.24, 2.45) is 0 Å². The van der Waals surface area contributed by atoms with Gasteiger partial charge in [-0.2, -0.15) is 5.10 Å². The van der Waals surface area contributed by atoms with Gasteiger partial charge in [0.1, 0.15) is 6.04 Å². The molecule has 0 radical (unpaired) electrons. The normalized spacial score (nSPS) is 12.8. The number of aromatic amines is 1. The minimum absolute atomic E-state index is 0.422. The molecule has 66 valence electrons. The summed E-state index contributed by atoms with van der Waals surface area (Å²) < 4.78 is 0. The second kappa shape index (κ2) is 3.87. The average molecular weight is 169 g/mol. The maximum Gasteiger partial charge on any atom is 0.321 e. The van der Waals surface area contributed by atoms with E-state index in [4.69, 9.17) is 5.11 Å². The molecule has 0 spiro atoms. The number of aromatic nitrogens is 2. The van der Waals surface area contributed by atoms with Gasteiger partial charge in [0.25, 0.3) is 0 Å². The van der Waals surface area contributed by atoms with Gasteiger partial charge in [0, 0.05) is 18.3 Å². The largest absolute Gasteiger partial charge is 0.480 e. The van der Waals surface area contributed by atoms with Gasteiger partial charge in [0.05, 0.1) is 0 Å². The van der Waals surface area contributed by atoms with Crippen molar-refractivity contribution < 1.29 is 9.90 Å². The zero-order chi connectivity index (χ0) is 8.97. The van der Waals surface area contributed by atoms with Gasteiger partial charge in [-0.05, 0) is 13.1 Å². The fourth-order valence-corrected chi connectivity index (χ4v) is 0.931. The van der Waals surface area contributed by atoms with Crippen molar-refractivity contribution in [3.05, 3.63) is 18.0 Å². The molecule has 0 aliphatic carbocycles. The Kier molecular flexibility index (Phi) is 2.82. The molecule has 0 bridgehead atoms. The lowest BCUT2D eigenvalue weighted by molar-refractivity contribution is -0.139. The highest BCUT2D eigenvalue weighted by molar-refractivity contribution is 5.73. The Morgan fingerprint density at radius 3 is 3.08 bits per heavy atom. The molecular formula is C7H11N3O2. The van der Waals surface area contributed by atoms with Crippen LogP contribution in [-0.2, 0) is 11.2 Å². The summed E-state index contributed by atoms with van der Waals surface area (Å²) in [6, 6.07) is 1.21. The SMILES string of the molecule is CNC(Cc1ccn[nH]1)C(=O)O. The van der Waals surface area contributed by atoms with Crippen LogP contribution in [-0.4, -0.2) is 34.4 Å². The molecule has 1 aromatic rings. The number of aliphatic carboxylic acids is 1. The van der Waals surface area contributed by atoms with Crippen molar-refractivity contribution in [1.29, 1.82) is 0 Å². The third kappa shape index (κ3) is 2.06. The standard InChI is InChI=1S/C7H11N3O2/c1-8-6(7(11)12)4-5-2-3-9-10-5/h2-3,6,8H,4H2,1H3,(H,9,10)(H,11,12). The van der Waals surface area contributed by atoms with E-state index in [1.807, 2.05) is 0 Å². The number of rotatable bonds is 4. The zero-order valence-corrected chi connectivity index (χ0v) is 6.74. The van der Waals surface area contributed by atoms with Crippen LogP contribution in [0, 0.1) is 0 Å². The molecule has 0 fully saturated rings. The van der Waals surface area contributed by atoms with Crippen LogP contribution in [0.1, 0.15) is 5.69 Å². The average Bonchev–Trinajstić information content (AvgIpc) is 2.51. The molecule has 5 nitrogen and oxygen atoms in total. The molecular weight excluding hydrogens is 158 g/mol. The van der Waals surface area contributed by atoms with E-state index in [1.165, 1.54) is 0 Å². The van der Waals surface area contributed by atoms with Crippen LogP contribution >= 0.6 is 0 Å². The van der Waals surface area contributed by atoms with E-state index in [9.17, 15) is 4.79 Å². The molecule has 5 heteroatoms. The number of likely N-dealkylation sites (N-methyl/N-ethyl adjacent to an activating group) is 1. The fourth-order valence-electron chi connectivity index (χ4n) is 0.931. The summed E-state index contributed by atoms with van der Waals surface area (Å²) in [5.41, 5.74) is 0.816. The number of hydrogen-bond donors (Lipinski definition) is 3. The number of carboxylic acid groups (broad SMARTS) is 1. The van der Waals surface area contributed by atoms with Crippen molar-refractivity contribution >= 4 is 5.97 Å². The lowest BCUT2D eigenvalue weighted by atomic mass is 10.1. The Morgan fingerprint density at radius 1 is 1.92 bits per heavy atom. The Bertz CT molecular complexity index is 245. The Morgan fingerprint density at radius 2 is 2.67 bits per heavy atom. The second-order valence-corrected chi connectivity index (χ2v) is 2.47. The van der Waals surface area contributed by atoms with Crippen LogP contribution in [0.25, 0.3) is 0 Å². The first-order valence-electron chi connectivity index (χ1n) is 3.62. The summed E-state index contributed by atoms with van der Waals surface area (Å²) in [6.45, 7) is 0. The number of carboxylic acids is 1. The maximum absolute atomic E-state index is 10.6. The third-order valence-corrected chi connectivity index (χ3v) is 1.63. The molecule has 0 amide bonds. The van der Waals surface area contributed by atoms with Gasteiger partial charge in [-0.15, -0.1) is 0 Å². The summed E-state index contributed by atoms with van der Waals surface area (Å²) in [5, 5.41) is 17.8. The molecule has 1 atom stereocenters. The molecule has 0 aliphatic rings. The topological polar surface area (TPSA) is 78.0 Å². The van der Waals surface area contributed by atoms with E-state index in [2.05, 4.69) is 15.5 Å². The van der Waals surface area contributed by atoms with E-state index < -0.39 is 12.0 Å². The summed E-state index contributed by atoms with van der Waals surface area (Å²) in [7, 11) is 1.62. The summed E-state index contributed by atoms with van der Waals surface area (Å²) in [4.78, 5) is 10.6. The van der Waals surface area contributed by atoms with Crippen LogP contribution < -0.4 is 5.32 Å². The highest BCUT2D eigenvalue weighted by Gasteiger charge is 2.15.